The summed E-state index contributed by atoms with van der Waals surface area (Å²) in [6.07, 6.45) is 0.756. The Morgan fingerprint density at radius 1 is 0.970 bits per heavy atom. The highest BCUT2D eigenvalue weighted by molar-refractivity contribution is 6.46. The van der Waals surface area contributed by atoms with Crippen LogP contribution in [0.1, 0.15) is 43.0 Å². The van der Waals surface area contributed by atoms with E-state index in [0.717, 1.165) is 42.9 Å². The van der Waals surface area contributed by atoms with Crippen LogP contribution in [0.25, 0.3) is 5.76 Å². The van der Waals surface area contributed by atoms with Crippen molar-refractivity contribution in [3.8, 4) is 0 Å². The lowest BCUT2D eigenvalue weighted by molar-refractivity contribution is -0.140. The average Bonchev–Trinajstić information content (AvgIpc) is 3.07. The first kappa shape index (κ1) is 24.5. The maximum Gasteiger partial charge on any atom is 0.295 e. The number of carbonyl (C=O) groups excluding carboxylic acids is 2. The van der Waals surface area contributed by atoms with E-state index in [-0.39, 0.29) is 11.3 Å². The van der Waals surface area contributed by atoms with E-state index in [1.807, 2.05) is 62.3 Å². The second kappa shape index (κ2) is 10.7. The fourth-order valence-corrected chi connectivity index (χ4v) is 4.28. The zero-order valence-electron chi connectivity index (χ0n) is 20.3. The molecule has 176 valence electrons. The molecule has 1 heterocycles. The van der Waals surface area contributed by atoms with Crippen LogP contribution in [0, 0.1) is 6.92 Å². The second-order valence-electron chi connectivity index (χ2n) is 8.72. The Labute approximate surface area is 197 Å². The smallest absolute Gasteiger partial charge is 0.295 e. The van der Waals surface area contributed by atoms with Gasteiger partial charge in [-0.1, -0.05) is 55.8 Å². The third kappa shape index (κ3) is 5.28. The molecule has 1 aliphatic heterocycles. The Morgan fingerprint density at radius 2 is 1.58 bits per heavy atom. The number of amides is 1. The molecule has 1 fully saturated rings. The maximum atomic E-state index is 13.1. The highest BCUT2D eigenvalue weighted by Crippen LogP contribution is 2.39. The van der Waals surface area contributed by atoms with Crippen molar-refractivity contribution >= 4 is 23.1 Å². The first-order valence-electron chi connectivity index (χ1n) is 11.6. The van der Waals surface area contributed by atoms with Gasteiger partial charge in [0.1, 0.15) is 5.76 Å². The molecule has 0 saturated carbocycles. The number of likely N-dealkylation sites (tertiary alicyclic amines) is 1. The molecule has 1 N–H and O–H groups in total. The second-order valence-corrected chi connectivity index (χ2v) is 8.72. The van der Waals surface area contributed by atoms with Crippen LogP contribution in [0.2, 0.25) is 0 Å². The summed E-state index contributed by atoms with van der Waals surface area (Å²) < 4.78 is 0. The summed E-state index contributed by atoms with van der Waals surface area (Å²) in [6.45, 7) is 9.38. The number of aliphatic hydroxyl groups excluding tert-OH is 1. The SMILES string of the molecule is CCN(CC)CCCN1C(=O)C(=O)C(=C(O)c2ccc(C)cc2)C1c1ccc(N(C)C)cc1. The van der Waals surface area contributed by atoms with Crippen molar-refractivity contribution in [2.75, 3.05) is 45.2 Å². The van der Waals surface area contributed by atoms with E-state index in [0.29, 0.717) is 12.1 Å². The molecule has 2 aromatic carbocycles. The van der Waals surface area contributed by atoms with Crippen molar-refractivity contribution in [1.29, 1.82) is 0 Å². The van der Waals surface area contributed by atoms with Crippen LogP contribution in [-0.2, 0) is 9.59 Å². The fraction of sp³-hybridized carbons (Fsp3) is 0.407. The highest BCUT2D eigenvalue weighted by Gasteiger charge is 2.45. The largest absolute Gasteiger partial charge is 0.507 e. The molecule has 6 heteroatoms. The fourth-order valence-electron chi connectivity index (χ4n) is 4.28. The number of carbonyl (C=O) groups is 2. The molecule has 1 amide bonds. The van der Waals surface area contributed by atoms with Gasteiger partial charge in [0.25, 0.3) is 11.7 Å². The molecule has 3 rings (SSSR count). The quantitative estimate of drug-likeness (QED) is 0.353. The third-order valence-corrected chi connectivity index (χ3v) is 6.36. The normalized spacial score (nSPS) is 17.8. The Bertz CT molecular complexity index is 1010. The summed E-state index contributed by atoms with van der Waals surface area (Å²) in [7, 11) is 3.93. The van der Waals surface area contributed by atoms with Gasteiger partial charge in [-0.3, -0.25) is 9.59 Å². The van der Waals surface area contributed by atoms with Crippen LogP contribution < -0.4 is 4.90 Å². The van der Waals surface area contributed by atoms with Crippen LogP contribution in [-0.4, -0.2) is 66.9 Å². The summed E-state index contributed by atoms with van der Waals surface area (Å²) in [5.74, 6) is -1.30. The lowest BCUT2D eigenvalue weighted by atomic mass is 9.94. The third-order valence-electron chi connectivity index (χ3n) is 6.36. The average molecular weight is 450 g/mol. The number of Topliss-reactive ketones (excluding diaryl/α,β-unsaturated/α-hetero) is 1. The number of hydrogen-bond donors (Lipinski definition) is 1. The van der Waals surface area contributed by atoms with Crippen molar-refractivity contribution in [3.63, 3.8) is 0 Å². The van der Waals surface area contributed by atoms with Crippen molar-refractivity contribution in [2.45, 2.75) is 33.2 Å². The molecular formula is C27H35N3O3. The highest BCUT2D eigenvalue weighted by atomic mass is 16.3. The van der Waals surface area contributed by atoms with Gasteiger partial charge in [-0.2, -0.15) is 0 Å². The number of anilines is 1. The maximum absolute atomic E-state index is 13.1. The van der Waals surface area contributed by atoms with Crippen LogP contribution >= 0.6 is 0 Å². The van der Waals surface area contributed by atoms with Crippen LogP contribution in [0.5, 0.6) is 0 Å². The molecule has 1 aliphatic rings. The number of aryl methyl sites for hydroxylation is 1. The predicted octanol–water partition coefficient (Wildman–Crippen LogP) is 4.21. The monoisotopic (exact) mass is 449 g/mol. The van der Waals surface area contributed by atoms with Crippen LogP contribution in [0.4, 0.5) is 5.69 Å². The van der Waals surface area contributed by atoms with E-state index in [2.05, 4.69) is 18.7 Å². The van der Waals surface area contributed by atoms with E-state index in [1.165, 1.54) is 0 Å². The Kier molecular flexibility index (Phi) is 7.92. The molecule has 0 bridgehead atoms. The van der Waals surface area contributed by atoms with Gasteiger partial charge in [0.15, 0.2) is 0 Å². The zero-order valence-corrected chi connectivity index (χ0v) is 20.3. The van der Waals surface area contributed by atoms with E-state index in [4.69, 9.17) is 0 Å². The molecule has 1 atom stereocenters. The van der Waals surface area contributed by atoms with Crippen LogP contribution in [0.3, 0.4) is 0 Å². The van der Waals surface area contributed by atoms with E-state index in [1.54, 1.807) is 17.0 Å². The molecule has 0 aromatic heterocycles. The molecule has 0 spiro atoms. The standard InChI is InChI=1S/C27H35N3O3/c1-6-29(7-2)17-8-18-30-24(20-13-15-22(16-14-20)28(4)5)23(26(32)27(30)33)25(31)21-11-9-19(3)10-12-21/h9-16,24,31H,6-8,17-18H2,1-5H3. The molecule has 33 heavy (non-hydrogen) atoms. The molecule has 0 aliphatic carbocycles. The number of ketones is 1. The van der Waals surface area contributed by atoms with Crippen molar-refractivity contribution in [1.82, 2.24) is 9.80 Å². The molecule has 1 unspecified atom stereocenters. The number of aliphatic hydroxyl groups is 1. The minimum Gasteiger partial charge on any atom is -0.507 e. The number of hydrogen-bond acceptors (Lipinski definition) is 5. The van der Waals surface area contributed by atoms with E-state index < -0.39 is 17.7 Å². The number of rotatable bonds is 9. The minimum atomic E-state index is -0.627. The summed E-state index contributed by atoms with van der Waals surface area (Å²) >= 11 is 0. The van der Waals surface area contributed by atoms with Gasteiger partial charge in [0.05, 0.1) is 11.6 Å². The van der Waals surface area contributed by atoms with Gasteiger partial charge in [0.2, 0.25) is 0 Å². The number of nitrogens with zero attached hydrogens (tertiary/aromatic N) is 3. The Hall–Kier alpha value is -3.12. The van der Waals surface area contributed by atoms with Crippen LogP contribution in [0.15, 0.2) is 54.1 Å². The van der Waals surface area contributed by atoms with Gasteiger partial charge in [-0.05, 0) is 50.7 Å². The summed E-state index contributed by atoms with van der Waals surface area (Å²) in [4.78, 5) is 32.1. The topological polar surface area (TPSA) is 64.1 Å². The molecule has 0 radical (unpaired) electrons. The van der Waals surface area contributed by atoms with Crippen molar-refractivity contribution in [2.24, 2.45) is 0 Å². The van der Waals surface area contributed by atoms with Gasteiger partial charge < -0.3 is 19.8 Å². The Balaban J connectivity index is 2.03. The van der Waals surface area contributed by atoms with Crippen molar-refractivity contribution < 1.29 is 14.7 Å². The lowest BCUT2D eigenvalue weighted by Crippen LogP contribution is -2.33. The molecule has 2 aromatic rings. The summed E-state index contributed by atoms with van der Waals surface area (Å²) in [5.41, 5.74) is 3.59. The zero-order chi connectivity index (χ0) is 24.1. The number of benzene rings is 2. The summed E-state index contributed by atoms with van der Waals surface area (Å²) in [6, 6.07) is 14.5. The predicted molar refractivity (Wildman–Crippen MR) is 133 cm³/mol. The summed E-state index contributed by atoms with van der Waals surface area (Å²) in [5, 5.41) is 11.1. The lowest BCUT2D eigenvalue weighted by Gasteiger charge is -2.27. The minimum absolute atomic E-state index is 0.124. The van der Waals surface area contributed by atoms with Crippen molar-refractivity contribution in [3.05, 3.63) is 70.8 Å². The van der Waals surface area contributed by atoms with Gasteiger partial charge in [-0.25, -0.2) is 0 Å². The Morgan fingerprint density at radius 3 is 2.12 bits per heavy atom. The molecule has 6 nitrogen and oxygen atoms in total. The van der Waals surface area contributed by atoms with E-state index in [9.17, 15) is 14.7 Å². The molecule has 1 saturated heterocycles. The first-order valence-corrected chi connectivity index (χ1v) is 11.6. The van der Waals surface area contributed by atoms with E-state index >= 15 is 0 Å². The van der Waals surface area contributed by atoms with Gasteiger partial charge >= 0.3 is 0 Å². The van der Waals surface area contributed by atoms with Gasteiger partial charge in [-0.15, -0.1) is 0 Å². The van der Waals surface area contributed by atoms with Gasteiger partial charge in [0, 0.05) is 31.9 Å². The molecular weight excluding hydrogens is 414 g/mol. The first-order chi connectivity index (χ1) is 15.8.